The van der Waals surface area contributed by atoms with Gasteiger partial charge in [0.1, 0.15) is 0 Å². The largest absolute Gasteiger partial charge is 0.288 e. The Morgan fingerprint density at radius 1 is 1.18 bits per heavy atom. The number of rotatable bonds is 0. The summed E-state index contributed by atoms with van der Waals surface area (Å²) in [5.74, 6) is 0.882. The van der Waals surface area contributed by atoms with Gasteiger partial charge in [0.25, 0.3) is 0 Å². The Morgan fingerprint density at radius 3 is 2.94 bits per heavy atom. The third kappa shape index (κ3) is 1.34. The van der Waals surface area contributed by atoms with Crippen molar-refractivity contribution in [3.8, 4) is 0 Å². The number of imidazole rings is 1. The number of fused-ring (bicyclic) bond motifs is 3. The summed E-state index contributed by atoms with van der Waals surface area (Å²) in [6.45, 7) is 0. The van der Waals surface area contributed by atoms with E-state index in [2.05, 4.69) is 20.6 Å². The van der Waals surface area contributed by atoms with Crippen LogP contribution in [0.5, 0.6) is 0 Å². The first-order valence-electron chi connectivity index (χ1n) is 6.67. The lowest BCUT2D eigenvalue weighted by Crippen LogP contribution is -2.26. The second kappa shape index (κ2) is 3.31. The first-order chi connectivity index (χ1) is 8.36. The third-order valence-electron chi connectivity index (χ3n) is 4.68. The smallest absolute Gasteiger partial charge is 0.234 e. The molecule has 0 saturated heterocycles. The van der Waals surface area contributed by atoms with Crippen molar-refractivity contribution in [2.45, 2.75) is 44.9 Å². The van der Waals surface area contributed by atoms with E-state index >= 15 is 0 Å². The minimum absolute atomic E-state index is 0.596. The van der Waals surface area contributed by atoms with Gasteiger partial charge >= 0.3 is 0 Å². The molecule has 0 bridgehead atoms. The van der Waals surface area contributed by atoms with Gasteiger partial charge in [0.05, 0.1) is 5.69 Å². The van der Waals surface area contributed by atoms with Crippen molar-refractivity contribution in [1.29, 1.82) is 0 Å². The molecular weight excluding hydrogens is 210 g/mol. The van der Waals surface area contributed by atoms with Crippen LogP contribution in [0.15, 0.2) is 18.5 Å². The van der Waals surface area contributed by atoms with Gasteiger partial charge in [-0.15, -0.1) is 0 Å². The van der Waals surface area contributed by atoms with Crippen LogP contribution in [0.25, 0.3) is 5.78 Å². The van der Waals surface area contributed by atoms with Crippen LogP contribution in [-0.4, -0.2) is 14.4 Å². The van der Waals surface area contributed by atoms with Crippen LogP contribution in [-0.2, 0) is 12.8 Å². The highest BCUT2D eigenvalue weighted by Gasteiger charge is 2.38. The summed E-state index contributed by atoms with van der Waals surface area (Å²) in [6.07, 6.45) is 13.3. The molecule has 2 heterocycles. The third-order valence-corrected chi connectivity index (χ3v) is 4.68. The Bertz CT molecular complexity index is 564. The number of aryl methyl sites for hydroxylation is 1. The fraction of sp³-hybridized carbons (Fsp3) is 0.571. The van der Waals surface area contributed by atoms with Gasteiger partial charge in [-0.25, -0.2) is 9.97 Å². The van der Waals surface area contributed by atoms with Gasteiger partial charge in [0.2, 0.25) is 5.78 Å². The Morgan fingerprint density at radius 2 is 2.06 bits per heavy atom. The van der Waals surface area contributed by atoms with Crippen LogP contribution in [0.2, 0.25) is 0 Å². The zero-order valence-corrected chi connectivity index (χ0v) is 10.0. The van der Waals surface area contributed by atoms with Crippen LogP contribution in [0.4, 0.5) is 0 Å². The van der Waals surface area contributed by atoms with E-state index in [4.69, 9.17) is 0 Å². The van der Waals surface area contributed by atoms with Crippen molar-refractivity contribution in [3.63, 3.8) is 0 Å². The summed E-state index contributed by atoms with van der Waals surface area (Å²) >= 11 is 0. The highest BCUT2D eigenvalue weighted by Crippen LogP contribution is 2.47. The van der Waals surface area contributed by atoms with E-state index < -0.39 is 0 Å². The standard InChI is InChI=1S/C14H17N3/c1-2-6-14(5-1)7-4-11-12(10-14)17-9-3-8-15-13(17)16-11/h3,8-9H,1-2,4-7,10H2. The van der Waals surface area contributed by atoms with Crippen molar-refractivity contribution in [2.24, 2.45) is 5.41 Å². The van der Waals surface area contributed by atoms with Crippen molar-refractivity contribution in [2.75, 3.05) is 0 Å². The summed E-state index contributed by atoms with van der Waals surface area (Å²) in [5.41, 5.74) is 3.32. The lowest BCUT2D eigenvalue weighted by molar-refractivity contribution is 0.250. The van der Waals surface area contributed by atoms with Crippen LogP contribution >= 0.6 is 0 Å². The van der Waals surface area contributed by atoms with Crippen LogP contribution in [0.3, 0.4) is 0 Å². The molecule has 2 aromatic heterocycles. The number of hydrogen-bond acceptors (Lipinski definition) is 2. The van der Waals surface area contributed by atoms with Gasteiger partial charge < -0.3 is 0 Å². The SMILES string of the molecule is c1cnc2nc3c(n2c1)CC1(CCCC1)CC3. The van der Waals surface area contributed by atoms with E-state index in [0.717, 1.165) is 12.2 Å². The highest BCUT2D eigenvalue weighted by atomic mass is 15.1. The van der Waals surface area contributed by atoms with Crippen molar-refractivity contribution in [1.82, 2.24) is 14.4 Å². The Kier molecular flexibility index (Phi) is 1.88. The van der Waals surface area contributed by atoms with E-state index in [-0.39, 0.29) is 0 Å². The molecule has 3 heteroatoms. The Balaban J connectivity index is 1.85. The molecule has 0 amide bonds. The molecule has 0 atom stereocenters. The molecule has 2 aromatic rings. The molecule has 0 aromatic carbocycles. The van der Waals surface area contributed by atoms with Crippen molar-refractivity contribution in [3.05, 3.63) is 29.8 Å². The van der Waals surface area contributed by atoms with Crippen LogP contribution < -0.4 is 0 Å². The van der Waals surface area contributed by atoms with Crippen molar-refractivity contribution >= 4 is 5.78 Å². The second-order valence-electron chi connectivity index (χ2n) is 5.68. The fourth-order valence-electron chi connectivity index (χ4n) is 3.75. The molecule has 1 fully saturated rings. The minimum Gasteiger partial charge on any atom is -0.288 e. The molecule has 2 aliphatic rings. The van der Waals surface area contributed by atoms with Gasteiger partial charge in [-0.3, -0.25) is 4.40 Å². The molecule has 1 spiro atoms. The molecule has 0 unspecified atom stereocenters. The lowest BCUT2D eigenvalue weighted by atomic mass is 9.73. The van der Waals surface area contributed by atoms with Gasteiger partial charge in [-0.1, -0.05) is 12.8 Å². The lowest BCUT2D eigenvalue weighted by Gasteiger charge is -2.32. The van der Waals surface area contributed by atoms with Gasteiger partial charge in [-0.2, -0.15) is 0 Å². The van der Waals surface area contributed by atoms with E-state index in [9.17, 15) is 0 Å². The van der Waals surface area contributed by atoms with Gasteiger partial charge in [-0.05, 0) is 43.6 Å². The van der Waals surface area contributed by atoms with Gasteiger partial charge in [0.15, 0.2) is 0 Å². The predicted molar refractivity (Wildman–Crippen MR) is 65.9 cm³/mol. The first kappa shape index (κ1) is 9.63. The molecule has 0 N–H and O–H groups in total. The first-order valence-corrected chi connectivity index (χ1v) is 6.67. The highest BCUT2D eigenvalue weighted by molar-refractivity contribution is 5.37. The normalized spacial score (nSPS) is 22.1. The molecule has 17 heavy (non-hydrogen) atoms. The van der Waals surface area contributed by atoms with Gasteiger partial charge in [0, 0.05) is 18.1 Å². The summed E-state index contributed by atoms with van der Waals surface area (Å²) in [6, 6.07) is 2.00. The minimum atomic E-state index is 0.596. The van der Waals surface area contributed by atoms with E-state index in [1.165, 1.54) is 49.9 Å². The van der Waals surface area contributed by atoms with Crippen LogP contribution in [0, 0.1) is 5.41 Å². The number of nitrogens with zero attached hydrogens (tertiary/aromatic N) is 3. The average molecular weight is 227 g/mol. The maximum atomic E-state index is 4.66. The fourth-order valence-corrected chi connectivity index (χ4v) is 3.75. The Hall–Kier alpha value is -1.38. The van der Waals surface area contributed by atoms with Crippen molar-refractivity contribution < 1.29 is 0 Å². The average Bonchev–Trinajstić information content (AvgIpc) is 2.95. The van der Waals surface area contributed by atoms with Crippen LogP contribution in [0.1, 0.15) is 43.5 Å². The molecule has 3 nitrogen and oxygen atoms in total. The summed E-state index contributed by atoms with van der Waals surface area (Å²) < 4.78 is 2.20. The number of hydrogen-bond donors (Lipinski definition) is 0. The second-order valence-corrected chi connectivity index (χ2v) is 5.68. The zero-order chi connectivity index (χ0) is 11.3. The Labute approximate surface area is 101 Å². The molecule has 0 aliphatic heterocycles. The summed E-state index contributed by atoms with van der Waals surface area (Å²) in [5, 5.41) is 0. The maximum absolute atomic E-state index is 4.66. The molecule has 4 rings (SSSR count). The monoisotopic (exact) mass is 227 g/mol. The summed E-state index contributed by atoms with van der Waals surface area (Å²) in [4.78, 5) is 9.01. The van der Waals surface area contributed by atoms with E-state index in [1.807, 2.05) is 12.3 Å². The number of aromatic nitrogens is 3. The topological polar surface area (TPSA) is 30.2 Å². The predicted octanol–water partition coefficient (Wildman–Crippen LogP) is 2.78. The quantitative estimate of drug-likeness (QED) is 0.692. The molecule has 1 saturated carbocycles. The molecule has 0 radical (unpaired) electrons. The van der Waals surface area contributed by atoms with E-state index in [0.29, 0.717) is 5.41 Å². The summed E-state index contributed by atoms with van der Waals surface area (Å²) in [7, 11) is 0. The molecule has 88 valence electrons. The van der Waals surface area contributed by atoms with E-state index in [1.54, 1.807) is 0 Å². The zero-order valence-electron chi connectivity index (χ0n) is 10.0. The molecule has 2 aliphatic carbocycles. The molecular formula is C14H17N3. The maximum Gasteiger partial charge on any atom is 0.234 e.